The average Bonchev–Trinajstić information content (AvgIpc) is 2.70. The number of nitrogens with zero attached hydrogens (tertiary/aromatic N) is 4. The molecule has 0 fully saturated rings. The largest absolute Gasteiger partial charge is 0.303 e. The van der Waals surface area contributed by atoms with Crippen molar-refractivity contribution in [1.82, 2.24) is 9.97 Å². The molecule has 11 heteroatoms. The van der Waals surface area contributed by atoms with Gasteiger partial charge in [0.25, 0.3) is 5.69 Å². The fourth-order valence-electron chi connectivity index (χ4n) is 2.99. The monoisotopic (exact) mass is 410 g/mol. The highest BCUT2D eigenvalue weighted by Crippen LogP contribution is 2.38. The molecule has 29 heavy (non-hydrogen) atoms. The minimum atomic E-state index is -0.699. The summed E-state index contributed by atoms with van der Waals surface area (Å²) < 4.78 is 0. The van der Waals surface area contributed by atoms with Crippen LogP contribution >= 0.6 is 11.6 Å². The van der Waals surface area contributed by atoms with Crippen molar-refractivity contribution in [2.75, 3.05) is 10.9 Å². The van der Waals surface area contributed by atoms with E-state index in [1.165, 1.54) is 18.3 Å². The molecule has 144 valence electrons. The summed E-state index contributed by atoms with van der Waals surface area (Å²) in [6.45, 7) is 0. The van der Waals surface area contributed by atoms with E-state index in [1.807, 2.05) is 0 Å². The summed E-state index contributed by atoms with van der Waals surface area (Å²) in [4.78, 5) is 29.9. The van der Waals surface area contributed by atoms with Gasteiger partial charge in [0.05, 0.1) is 32.5 Å². The number of hydrazine groups is 1. The lowest BCUT2D eigenvalue weighted by Crippen LogP contribution is -2.12. The maximum Gasteiger partial charge on any atom is 0.303 e. The first-order valence-electron chi connectivity index (χ1n) is 8.22. The second kappa shape index (κ2) is 7.17. The number of aromatic nitrogens is 2. The maximum absolute atomic E-state index is 11.6. The van der Waals surface area contributed by atoms with E-state index in [2.05, 4.69) is 20.8 Å². The summed E-state index contributed by atoms with van der Waals surface area (Å²) in [6, 6.07) is 10.7. The summed E-state index contributed by atoms with van der Waals surface area (Å²) in [5, 5.41) is 24.4. The highest BCUT2D eigenvalue weighted by atomic mass is 35.5. The Hall–Kier alpha value is -4.05. The van der Waals surface area contributed by atoms with Gasteiger partial charge in [0.1, 0.15) is 5.52 Å². The van der Waals surface area contributed by atoms with Gasteiger partial charge in [0.15, 0.2) is 5.69 Å². The summed E-state index contributed by atoms with van der Waals surface area (Å²) >= 11 is 5.99. The van der Waals surface area contributed by atoms with Gasteiger partial charge >= 0.3 is 5.69 Å². The summed E-state index contributed by atoms with van der Waals surface area (Å²) in [5.74, 6) is 0. The number of pyridine rings is 2. The van der Waals surface area contributed by atoms with Crippen molar-refractivity contribution < 1.29 is 9.85 Å². The van der Waals surface area contributed by atoms with Crippen molar-refractivity contribution in [1.29, 1.82) is 0 Å². The van der Waals surface area contributed by atoms with E-state index in [4.69, 9.17) is 11.6 Å². The Balaban J connectivity index is 1.83. The van der Waals surface area contributed by atoms with Gasteiger partial charge in [0, 0.05) is 22.8 Å². The topological polar surface area (TPSA) is 136 Å². The highest BCUT2D eigenvalue weighted by molar-refractivity contribution is 6.31. The molecule has 0 amide bonds. The molecule has 0 bridgehead atoms. The Labute approximate surface area is 167 Å². The molecule has 2 N–H and O–H groups in total. The van der Waals surface area contributed by atoms with Crippen LogP contribution < -0.4 is 10.9 Å². The van der Waals surface area contributed by atoms with Crippen LogP contribution in [-0.2, 0) is 0 Å². The van der Waals surface area contributed by atoms with Crippen molar-refractivity contribution in [3.63, 3.8) is 0 Å². The number of non-ortho nitro benzene ring substituents is 1. The zero-order valence-electron chi connectivity index (χ0n) is 14.5. The predicted octanol–water partition coefficient (Wildman–Crippen LogP) is 4.69. The van der Waals surface area contributed by atoms with Gasteiger partial charge in [-0.3, -0.25) is 41.0 Å². The number of nitro groups is 2. The Morgan fingerprint density at radius 3 is 2.41 bits per heavy atom. The molecule has 0 unspecified atom stereocenters. The van der Waals surface area contributed by atoms with Crippen LogP contribution in [-0.4, -0.2) is 19.8 Å². The molecule has 0 radical (unpaired) electrons. The number of nitro benzene ring substituents is 2. The van der Waals surface area contributed by atoms with E-state index in [0.29, 0.717) is 16.2 Å². The molecular formula is C18H11ClN6O4. The molecule has 2 aromatic carbocycles. The quantitative estimate of drug-likeness (QED) is 0.357. The molecule has 0 saturated heterocycles. The second-order valence-electron chi connectivity index (χ2n) is 5.97. The third-order valence-electron chi connectivity index (χ3n) is 4.27. The van der Waals surface area contributed by atoms with Crippen LogP contribution in [0.5, 0.6) is 0 Å². The minimum Gasteiger partial charge on any atom is -0.300 e. The molecule has 0 aliphatic rings. The number of benzene rings is 2. The van der Waals surface area contributed by atoms with Gasteiger partial charge in [0.2, 0.25) is 0 Å². The molecular weight excluding hydrogens is 400 g/mol. The molecule has 4 rings (SSSR count). The van der Waals surface area contributed by atoms with Gasteiger partial charge in [-0.2, -0.15) is 0 Å². The van der Waals surface area contributed by atoms with Crippen LogP contribution in [0, 0.1) is 20.2 Å². The van der Waals surface area contributed by atoms with E-state index >= 15 is 0 Å². The molecule has 2 heterocycles. The van der Waals surface area contributed by atoms with Gasteiger partial charge in [-0.15, -0.1) is 0 Å². The smallest absolute Gasteiger partial charge is 0.300 e. The van der Waals surface area contributed by atoms with Gasteiger partial charge in [-0.05, 0) is 36.4 Å². The van der Waals surface area contributed by atoms with Crippen LogP contribution in [0.4, 0.5) is 22.7 Å². The predicted molar refractivity (Wildman–Crippen MR) is 109 cm³/mol. The number of rotatable bonds is 5. The van der Waals surface area contributed by atoms with Crippen LogP contribution in [0.1, 0.15) is 0 Å². The fraction of sp³-hybridized carbons (Fsp3) is 0. The SMILES string of the molecule is O=[N+]([O-])c1cc([N+](=O)[O-])c2cccnc2c1NNc1ccnc2cc(Cl)ccc12. The van der Waals surface area contributed by atoms with Gasteiger partial charge in [-0.1, -0.05) is 11.6 Å². The molecule has 0 aliphatic heterocycles. The lowest BCUT2D eigenvalue weighted by molar-refractivity contribution is -0.392. The fourth-order valence-corrected chi connectivity index (χ4v) is 3.16. The third kappa shape index (κ3) is 3.32. The van der Waals surface area contributed by atoms with Crippen LogP contribution in [0.2, 0.25) is 5.02 Å². The molecule has 4 aromatic rings. The normalized spacial score (nSPS) is 10.8. The van der Waals surface area contributed by atoms with Crippen molar-refractivity contribution >= 4 is 56.2 Å². The zero-order chi connectivity index (χ0) is 20.5. The van der Waals surface area contributed by atoms with E-state index in [0.717, 1.165) is 11.5 Å². The molecule has 0 spiro atoms. The summed E-state index contributed by atoms with van der Waals surface area (Å²) in [5.41, 5.74) is 6.16. The Kier molecular flexibility index (Phi) is 4.53. The van der Waals surface area contributed by atoms with Crippen LogP contribution in [0.25, 0.3) is 21.8 Å². The average molecular weight is 411 g/mol. The Bertz CT molecular complexity index is 1300. The molecule has 0 atom stereocenters. The number of halogens is 1. The van der Waals surface area contributed by atoms with Crippen molar-refractivity contribution in [3.8, 4) is 0 Å². The number of hydrogen-bond donors (Lipinski definition) is 2. The first-order valence-corrected chi connectivity index (χ1v) is 8.60. The number of hydrogen-bond acceptors (Lipinski definition) is 8. The van der Waals surface area contributed by atoms with Gasteiger partial charge < -0.3 is 0 Å². The van der Waals surface area contributed by atoms with E-state index in [9.17, 15) is 20.2 Å². The summed E-state index contributed by atoms with van der Waals surface area (Å²) in [6.07, 6.45) is 2.97. The maximum atomic E-state index is 11.6. The van der Waals surface area contributed by atoms with Crippen LogP contribution in [0.3, 0.4) is 0 Å². The second-order valence-corrected chi connectivity index (χ2v) is 6.41. The number of anilines is 2. The van der Waals surface area contributed by atoms with E-state index in [-0.39, 0.29) is 16.6 Å². The standard InChI is InChI=1S/C18H11ClN6O4/c19-10-3-4-11-13(5-7-20-14(11)8-10)22-23-18-16(25(28)29)9-15(24(26)27)12-2-1-6-21-17(12)18/h1-9,23H,(H,20,22). The lowest BCUT2D eigenvalue weighted by Gasteiger charge is -2.13. The molecule has 0 aliphatic carbocycles. The van der Waals surface area contributed by atoms with Crippen molar-refractivity contribution in [3.05, 3.63) is 80.1 Å². The van der Waals surface area contributed by atoms with Crippen LogP contribution in [0.15, 0.2) is 54.9 Å². The van der Waals surface area contributed by atoms with E-state index < -0.39 is 21.2 Å². The third-order valence-corrected chi connectivity index (χ3v) is 4.51. The summed E-state index contributed by atoms with van der Waals surface area (Å²) in [7, 11) is 0. The first-order chi connectivity index (χ1) is 14.0. The number of nitrogens with one attached hydrogen (secondary N) is 2. The highest BCUT2D eigenvalue weighted by Gasteiger charge is 2.26. The van der Waals surface area contributed by atoms with E-state index in [1.54, 1.807) is 30.5 Å². The van der Waals surface area contributed by atoms with Crippen molar-refractivity contribution in [2.45, 2.75) is 0 Å². The van der Waals surface area contributed by atoms with Gasteiger partial charge in [-0.25, -0.2) is 0 Å². The molecule has 10 nitrogen and oxygen atoms in total. The molecule has 0 saturated carbocycles. The van der Waals surface area contributed by atoms with Crippen molar-refractivity contribution in [2.24, 2.45) is 0 Å². The zero-order valence-corrected chi connectivity index (χ0v) is 15.3. The minimum absolute atomic E-state index is 0.00938. The Morgan fingerprint density at radius 2 is 1.66 bits per heavy atom. The Morgan fingerprint density at radius 1 is 0.862 bits per heavy atom. The lowest BCUT2D eigenvalue weighted by atomic mass is 10.1. The first kappa shape index (κ1) is 18.3. The molecule has 2 aromatic heterocycles. The number of fused-ring (bicyclic) bond motifs is 2.